The molecule has 0 saturated heterocycles. The van der Waals surface area contributed by atoms with E-state index in [4.69, 9.17) is 5.26 Å². The van der Waals surface area contributed by atoms with Gasteiger partial charge in [0.05, 0.1) is 18.2 Å². The van der Waals surface area contributed by atoms with Crippen molar-refractivity contribution in [3.8, 4) is 6.07 Å². The Bertz CT molecular complexity index is 307. The van der Waals surface area contributed by atoms with Gasteiger partial charge in [-0.15, -0.1) is 13.2 Å². The lowest BCUT2D eigenvalue weighted by atomic mass is 10.3. The average Bonchev–Trinajstić information content (AvgIpc) is 2.35. The Kier molecular flexibility index (Phi) is 2.04. The molecule has 0 saturated carbocycles. The van der Waals surface area contributed by atoms with E-state index in [0.29, 0.717) is 0 Å². The molecule has 0 N–H and O–H groups in total. The highest BCUT2D eigenvalue weighted by atomic mass is 19.4. The van der Waals surface area contributed by atoms with Crippen molar-refractivity contribution < 1.29 is 13.2 Å². The smallest absolute Gasteiger partial charge is 0.198 e. The fourth-order valence-corrected chi connectivity index (χ4v) is 0.678. The van der Waals surface area contributed by atoms with Crippen LogP contribution >= 0.6 is 0 Å². The van der Waals surface area contributed by atoms with Crippen molar-refractivity contribution in [2.75, 3.05) is 0 Å². The molecule has 0 spiro atoms. The lowest BCUT2D eigenvalue weighted by Gasteiger charge is -2.03. The molecule has 1 heterocycles. The maximum absolute atomic E-state index is 11.9. The Balaban J connectivity index is 2.86. The van der Waals surface area contributed by atoms with Gasteiger partial charge in [-0.2, -0.15) is 15.0 Å². The first kappa shape index (κ1) is 8.59. The van der Waals surface area contributed by atoms with Crippen molar-refractivity contribution in [1.29, 1.82) is 5.26 Å². The second-order valence-electron chi connectivity index (χ2n) is 2.05. The minimum absolute atomic E-state index is 0.108. The predicted octanol–water partition coefficient (Wildman–Crippen LogP) is 1.43. The van der Waals surface area contributed by atoms with E-state index >= 15 is 0 Å². The molecule has 0 unspecified atom stereocenters. The van der Waals surface area contributed by atoms with Crippen LogP contribution in [0, 0.1) is 11.3 Å². The maximum atomic E-state index is 11.9. The molecular formula is C6H4F3N3. The molecule has 3 nitrogen and oxygen atoms in total. The number of hydrogen-bond acceptors (Lipinski definition) is 2. The molecule has 0 radical (unpaired) electrons. The standard InChI is InChI=1S/C6H4F3N3/c7-6(8,9)12-4-2-5(11-12)1-3-10/h2,4H,1H2. The number of hydrogen-bond donors (Lipinski definition) is 0. The van der Waals surface area contributed by atoms with Crippen molar-refractivity contribution in [3.63, 3.8) is 0 Å². The summed E-state index contributed by atoms with van der Waals surface area (Å²) in [6.45, 7) is 0. The zero-order valence-corrected chi connectivity index (χ0v) is 5.84. The molecule has 12 heavy (non-hydrogen) atoms. The molecular weight excluding hydrogens is 171 g/mol. The summed E-state index contributed by atoms with van der Waals surface area (Å²) < 4.78 is 35.5. The molecule has 1 aromatic rings. The first-order valence-electron chi connectivity index (χ1n) is 3.03. The highest BCUT2D eigenvalue weighted by Gasteiger charge is 2.31. The van der Waals surface area contributed by atoms with Crippen LogP contribution in [0.25, 0.3) is 0 Å². The Morgan fingerprint density at radius 1 is 1.58 bits per heavy atom. The highest BCUT2D eigenvalue weighted by molar-refractivity contribution is 5.04. The predicted molar refractivity (Wildman–Crippen MR) is 32.8 cm³/mol. The van der Waals surface area contributed by atoms with Crippen LogP contribution in [0.3, 0.4) is 0 Å². The summed E-state index contributed by atoms with van der Waals surface area (Å²) in [5.74, 6) is 0. The van der Waals surface area contributed by atoms with Crippen LogP contribution in [0.1, 0.15) is 5.69 Å². The summed E-state index contributed by atoms with van der Waals surface area (Å²) in [6.07, 6.45) is -3.82. The summed E-state index contributed by atoms with van der Waals surface area (Å²) in [5, 5.41) is 11.3. The summed E-state index contributed by atoms with van der Waals surface area (Å²) in [5.41, 5.74) is 0.120. The van der Waals surface area contributed by atoms with Crippen LogP contribution in [-0.4, -0.2) is 9.78 Å². The van der Waals surface area contributed by atoms with Crippen molar-refractivity contribution in [3.05, 3.63) is 18.0 Å². The summed E-state index contributed by atoms with van der Waals surface area (Å²) in [4.78, 5) is 0. The molecule has 0 aliphatic carbocycles. The molecule has 1 rings (SSSR count). The van der Waals surface area contributed by atoms with E-state index in [0.717, 1.165) is 12.3 Å². The number of rotatable bonds is 1. The maximum Gasteiger partial charge on any atom is 0.504 e. The van der Waals surface area contributed by atoms with Gasteiger partial charge in [0, 0.05) is 6.20 Å². The van der Waals surface area contributed by atoms with Crippen molar-refractivity contribution in [1.82, 2.24) is 9.78 Å². The van der Waals surface area contributed by atoms with Crippen LogP contribution in [0.15, 0.2) is 12.3 Å². The Labute approximate surface area is 66.0 Å². The van der Waals surface area contributed by atoms with Gasteiger partial charge in [-0.1, -0.05) is 0 Å². The third kappa shape index (κ3) is 1.75. The average molecular weight is 175 g/mol. The zero-order valence-electron chi connectivity index (χ0n) is 5.84. The molecule has 0 bridgehead atoms. The van der Waals surface area contributed by atoms with E-state index in [2.05, 4.69) is 5.10 Å². The van der Waals surface area contributed by atoms with E-state index < -0.39 is 6.30 Å². The van der Waals surface area contributed by atoms with Gasteiger partial charge in [-0.25, -0.2) is 0 Å². The van der Waals surface area contributed by atoms with Gasteiger partial charge < -0.3 is 0 Å². The molecule has 0 aliphatic rings. The van der Waals surface area contributed by atoms with E-state index in [1.165, 1.54) is 0 Å². The molecule has 0 fully saturated rings. The van der Waals surface area contributed by atoms with E-state index in [-0.39, 0.29) is 16.8 Å². The minimum Gasteiger partial charge on any atom is -0.198 e. The SMILES string of the molecule is N#CCc1ccn(C(F)(F)F)n1. The van der Waals surface area contributed by atoms with Gasteiger partial charge >= 0.3 is 6.30 Å². The minimum atomic E-state index is -4.49. The molecule has 64 valence electrons. The number of aromatic nitrogens is 2. The lowest BCUT2D eigenvalue weighted by Crippen LogP contribution is -2.17. The van der Waals surface area contributed by atoms with Crippen LogP contribution in [-0.2, 0) is 12.7 Å². The molecule has 0 amide bonds. The summed E-state index contributed by atoms with van der Waals surface area (Å²) in [7, 11) is 0. The van der Waals surface area contributed by atoms with E-state index in [1.54, 1.807) is 6.07 Å². The third-order valence-corrected chi connectivity index (χ3v) is 1.16. The fourth-order valence-electron chi connectivity index (χ4n) is 0.678. The van der Waals surface area contributed by atoms with E-state index in [9.17, 15) is 13.2 Å². The number of nitriles is 1. The molecule has 0 atom stereocenters. The first-order valence-corrected chi connectivity index (χ1v) is 3.03. The van der Waals surface area contributed by atoms with Crippen molar-refractivity contribution in [2.45, 2.75) is 12.7 Å². The number of nitrogens with zero attached hydrogens (tertiary/aromatic N) is 3. The van der Waals surface area contributed by atoms with Gasteiger partial charge in [0.25, 0.3) is 0 Å². The molecule has 0 aliphatic heterocycles. The summed E-state index contributed by atoms with van der Waals surface area (Å²) >= 11 is 0. The number of alkyl halides is 3. The Morgan fingerprint density at radius 2 is 2.25 bits per heavy atom. The lowest BCUT2D eigenvalue weighted by molar-refractivity contribution is -0.212. The largest absolute Gasteiger partial charge is 0.504 e. The second-order valence-corrected chi connectivity index (χ2v) is 2.05. The third-order valence-electron chi connectivity index (χ3n) is 1.16. The van der Waals surface area contributed by atoms with Gasteiger partial charge in [-0.05, 0) is 6.07 Å². The Morgan fingerprint density at radius 3 is 2.67 bits per heavy atom. The monoisotopic (exact) mass is 175 g/mol. The highest BCUT2D eigenvalue weighted by Crippen LogP contribution is 2.20. The topological polar surface area (TPSA) is 41.6 Å². The van der Waals surface area contributed by atoms with Crippen molar-refractivity contribution >= 4 is 0 Å². The van der Waals surface area contributed by atoms with Gasteiger partial charge in [-0.3, -0.25) is 0 Å². The van der Waals surface area contributed by atoms with Gasteiger partial charge in [0.15, 0.2) is 0 Å². The van der Waals surface area contributed by atoms with E-state index in [1.807, 2.05) is 0 Å². The van der Waals surface area contributed by atoms with Crippen LogP contribution in [0.4, 0.5) is 13.2 Å². The normalized spacial score (nSPS) is 11.2. The van der Waals surface area contributed by atoms with Crippen LogP contribution < -0.4 is 0 Å². The fraction of sp³-hybridized carbons (Fsp3) is 0.333. The van der Waals surface area contributed by atoms with Gasteiger partial charge in [0.2, 0.25) is 0 Å². The summed E-state index contributed by atoms with van der Waals surface area (Å²) in [6, 6.07) is 2.87. The number of halogens is 3. The zero-order chi connectivity index (χ0) is 9.19. The quantitative estimate of drug-likeness (QED) is 0.647. The van der Waals surface area contributed by atoms with Crippen LogP contribution in [0.2, 0.25) is 0 Å². The molecule has 1 aromatic heterocycles. The second kappa shape index (κ2) is 2.85. The first-order chi connectivity index (χ1) is 5.54. The van der Waals surface area contributed by atoms with Crippen LogP contribution in [0.5, 0.6) is 0 Å². The molecule has 0 aromatic carbocycles. The van der Waals surface area contributed by atoms with Gasteiger partial charge in [0.1, 0.15) is 0 Å². The van der Waals surface area contributed by atoms with Crippen molar-refractivity contribution in [2.24, 2.45) is 0 Å². The molecule has 6 heteroatoms. The Hall–Kier alpha value is -1.51.